The van der Waals surface area contributed by atoms with Gasteiger partial charge in [0.25, 0.3) is 0 Å². The molecular formula is C10H8F3N3O2. The molecule has 0 saturated carbocycles. The van der Waals surface area contributed by atoms with Gasteiger partial charge in [0.2, 0.25) is 11.4 Å². The van der Waals surface area contributed by atoms with Crippen molar-refractivity contribution in [2.24, 2.45) is 0 Å². The van der Waals surface area contributed by atoms with Gasteiger partial charge < -0.3 is 9.72 Å². The molecule has 96 valence electrons. The smallest absolute Gasteiger partial charge is 0.422 e. The van der Waals surface area contributed by atoms with Crippen LogP contribution in [-0.2, 0) is 0 Å². The molecule has 0 spiro atoms. The molecule has 0 radical (unpaired) electrons. The fourth-order valence-electron chi connectivity index (χ4n) is 1.38. The van der Waals surface area contributed by atoms with Gasteiger partial charge in [-0.2, -0.15) is 18.2 Å². The Bertz CT molecular complexity index is 636. The van der Waals surface area contributed by atoms with E-state index in [4.69, 9.17) is 0 Å². The molecule has 0 aliphatic rings. The molecule has 8 heteroatoms. The topological polar surface area (TPSA) is 67.9 Å². The Morgan fingerprint density at radius 2 is 2.06 bits per heavy atom. The summed E-state index contributed by atoms with van der Waals surface area (Å²) in [7, 11) is 0. The Balaban J connectivity index is 2.46. The summed E-state index contributed by atoms with van der Waals surface area (Å²) in [6.07, 6.45) is -4.45. The summed E-state index contributed by atoms with van der Waals surface area (Å²) in [6, 6.07) is 2.49. The van der Waals surface area contributed by atoms with Crippen molar-refractivity contribution >= 4 is 11.0 Å². The van der Waals surface area contributed by atoms with E-state index in [-0.39, 0.29) is 22.7 Å². The Labute approximate surface area is 98.6 Å². The zero-order valence-corrected chi connectivity index (χ0v) is 9.21. The molecular weight excluding hydrogens is 251 g/mol. The number of nitrogens with zero attached hydrogens (tertiary/aromatic N) is 2. The summed E-state index contributed by atoms with van der Waals surface area (Å²) in [5.74, 6) is 0.00704. The van der Waals surface area contributed by atoms with Gasteiger partial charge in [0.05, 0.1) is 5.39 Å². The molecule has 0 bridgehead atoms. The lowest BCUT2D eigenvalue weighted by molar-refractivity contribution is -0.153. The summed E-state index contributed by atoms with van der Waals surface area (Å²) in [5, 5.41) is 0.226. The summed E-state index contributed by atoms with van der Waals surface area (Å²) < 4.78 is 40.8. The van der Waals surface area contributed by atoms with E-state index in [1.54, 1.807) is 0 Å². The van der Waals surface area contributed by atoms with E-state index in [2.05, 4.69) is 19.7 Å². The minimum atomic E-state index is -4.45. The number of aromatic nitrogens is 3. The predicted octanol–water partition coefficient (Wildman–Crippen LogP) is 1.57. The monoisotopic (exact) mass is 259 g/mol. The van der Waals surface area contributed by atoms with Crippen molar-refractivity contribution in [1.29, 1.82) is 0 Å². The number of pyridine rings is 1. The second-order valence-electron chi connectivity index (χ2n) is 3.56. The van der Waals surface area contributed by atoms with E-state index in [0.29, 0.717) is 0 Å². The summed E-state index contributed by atoms with van der Waals surface area (Å²) in [4.78, 5) is 21.2. The molecule has 18 heavy (non-hydrogen) atoms. The highest BCUT2D eigenvalue weighted by Crippen LogP contribution is 2.22. The average Bonchev–Trinajstić information content (AvgIpc) is 2.24. The van der Waals surface area contributed by atoms with Gasteiger partial charge in [-0.25, -0.2) is 4.98 Å². The Kier molecular flexibility index (Phi) is 2.93. The van der Waals surface area contributed by atoms with Crippen LogP contribution in [0.5, 0.6) is 5.88 Å². The highest BCUT2D eigenvalue weighted by atomic mass is 19.4. The molecule has 2 aromatic rings. The third kappa shape index (κ3) is 2.76. The number of hydrogen-bond acceptors (Lipinski definition) is 4. The van der Waals surface area contributed by atoms with E-state index in [9.17, 15) is 18.0 Å². The fraction of sp³-hybridized carbons (Fsp3) is 0.300. The largest absolute Gasteiger partial charge is 0.467 e. The molecule has 0 aromatic carbocycles. The van der Waals surface area contributed by atoms with Gasteiger partial charge in [0.1, 0.15) is 11.5 Å². The van der Waals surface area contributed by atoms with Gasteiger partial charge in [-0.05, 0) is 13.0 Å². The van der Waals surface area contributed by atoms with Crippen molar-refractivity contribution in [1.82, 2.24) is 15.0 Å². The molecule has 2 rings (SSSR count). The molecule has 2 aromatic heterocycles. The van der Waals surface area contributed by atoms with Gasteiger partial charge in [-0.1, -0.05) is 0 Å². The number of ether oxygens (including phenoxy) is 1. The molecule has 0 aliphatic heterocycles. The van der Waals surface area contributed by atoms with Crippen LogP contribution in [-0.4, -0.2) is 27.7 Å². The van der Waals surface area contributed by atoms with Gasteiger partial charge in [0.15, 0.2) is 6.61 Å². The van der Waals surface area contributed by atoms with E-state index in [1.165, 1.54) is 19.1 Å². The lowest BCUT2D eigenvalue weighted by Gasteiger charge is -2.10. The lowest BCUT2D eigenvalue weighted by atomic mass is 10.3. The number of nitrogens with one attached hydrogen (secondary N) is 1. The highest BCUT2D eigenvalue weighted by Gasteiger charge is 2.29. The van der Waals surface area contributed by atoms with Crippen LogP contribution in [0.25, 0.3) is 11.0 Å². The number of fused-ring (bicyclic) bond motifs is 1. The number of rotatable bonds is 2. The fourth-order valence-corrected chi connectivity index (χ4v) is 1.38. The molecule has 1 N–H and O–H groups in total. The van der Waals surface area contributed by atoms with Crippen LogP contribution in [0.3, 0.4) is 0 Å². The number of aromatic amines is 1. The first-order valence-electron chi connectivity index (χ1n) is 4.92. The van der Waals surface area contributed by atoms with Crippen molar-refractivity contribution in [2.75, 3.05) is 6.61 Å². The van der Waals surface area contributed by atoms with Crippen LogP contribution in [0.4, 0.5) is 13.2 Å². The standard InChI is InChI=1S/C10H8F3N3O2/c1-5-14-8-6(2-3-7(17)16-8)9(15-5)18-4-10(11,12)13/h2-3H,4H2,1H3,(H,14,15,16,17). The second kappa shape index (κ2) is 4.28. The number of hydrogen-bond donors (Lipinski definition) is 1. The maximum Gasteiger partial charge on any atom is 0.422 e. The molecule has 0 fully saturated rings. The molecule has 5 nitrogen and oxygen atoms in total. The Morgan fingerprint density at radius 3 is 2.72 bits per heavy atom. The van der Waals surface area contributed by atoms with Gasteiger partial charge in [-0.15, -0.1) is 0 Å². The van der Waals surface area contributed by atoms with Crippen molar-refractivity contribution in [3.05, 3.63) is 28.3 Å². The van der Waals surface area contributed by atoms with Crippen LogP contribution >= 0.6 is 0 Å². The summed E-state index contributed by atoms with van der Waals surface area (Å²) in [5.41, 5.74) is -0.255. The maximum absolute atomic E-state index is 12.1. The molecule has 0 atom stereocenters. The van der Waals surface area contributed by atoms with Crippen molar-refractivity contribution in [3.63, 3.8) is 0 Å². The number of halogens is 3. The number of aryl methyl sites for hydroxylation is 1. The minimum Gasteiger partial charge on any atom is -0.467 e. The van der Waals surface area contributed by atoms with E-state index in [1.807, 2.05) is 0 Å². The van der Waals surface area contributed by atoms with E-state index >= 15 is 0 Å². The van der Waals surface area contributed by atoms with Crippen LogP contribution < -0.4 is 10.3 Å². The zero-order chi connectivity index (χ0) is 13.3. The van der Waals surface area contributed by atoms with Crippen molar-refractivity contribution in [2.45, 2.75) is 13.1 Å². The zero-order valence-electron chi connectivity index (χ0n) is 9.21. The van der Waals surface area contributed by atoms with Crippen LogP contribution in [0.2, 0.25) is 0 Å². The first-order valence-corrected chi connectivity index (χ1v) is 4.92. The third-order valence-corrected chi connectivity index (χ3v) is 2.04. The molecule has 0 unspecified atom stereocenters. The summed E-state index contributed by atoms with van der Waals surface area (Å²) in [6.45, 7) is 0.0445. The average molecular weight is 259 g/mol. The highest BCUT2D eigenvalue weighted by molar-refractivity contribution is 5.79. The Morgan fingerprint density at radius 1 is 1.33 bits per heavy atom. The third-order valence-electron chi connectivity index (χ3n) is 2.04. The first kappa shape index (κ1) is 12.3. The molecule has 2 heterocycles. The van der Waals surface area contributed by atoms with Crippen LogP contribution in [0.1, 0.15) is 5.82 Å². The van der Waals surface area contributed by atoms with Gasteiger partial charge >= 0.3 is 6.18 Å². The van der Waals surface area contributed by atoms with Crippen LogP contribution in [0, 0.1) is 6.92 Å². The van der Waals surface area contributed by atoms with Crippen LogP contribution in [0.15, 0.2) is 16.9 Å². The lowest BCUT2D eigenvalue weighted by Crippen LogP contribution is -2.20. The first-order chi connectivity index (χ1) is 8.35. The van der Waals surface area contributed by atoms with Gasteiger partial charge in [-0.3, -0.25) is 4.79 Å². The normalized spacial score (nSPS) is 11.8. The van der Waals surface area contributed by atoms with E-state index in [0.717, 1.165) is 0 Å². The second-order valence-corrected chi connectivity index (χ2v) is 3.56. The van der Waals surface area contributed by atoms with E-state index < -0.39 is 18.3 Å². The molecule has 0 amide bonds. The number of alkyl halides is 3. The SMILES string of the molecule is Cc1nc(OCC(F)(F)F)c2ccc(=O)[nH]c2n1. The Hall–Kier alpha value is -2.12. The van der Waals surface area contributed by atoms with Crippen molar-refractivity contribution < 1.29 is 17.9 Å². The quantitative estimate of drug-likeness (QED) is 0.888. The summed E-state index contributed by atoms with van der Waals surface area (Å²) >= 11 is 0. The van der Waals surface area contributed by atoms with Gasteiger partial charge in [0, 0.05) is 6.07 Å². The molecule has 0 saturated heterocycles. The molecule has 0 aliphatic carbocycles. The predicted molar refractivity (Wildman–Crippen MR) is 56.4 cm³/mol. The maximum atomic E-state index is 12.1. The number of H-pyrrole nitrogens is 1. The van der Waals surface area contributed by atoms with Crippen molar-refractivity contribution in [3.8, 4) is 5.88 Å². The minimum absolute atomic E-state index is 0.146.